The van der Waals surface area contributed by atoms with Gasteiger partial charge in [0.05, 0.1) is 5.92 Å². The van der Waals surface area contributed by atoms with Crippen molar-refractivity contribution in [1.29, 1.82) is 0 Å². The molecule has 4 aliphatic heterocycles. The Kier molecular flexibility index (Phi) is 10.3. The highest BCUT2D eigenvalue weighted by atomic mass is 16.2. The number of anilines is 1. The predicted octanol–water partition coefficient (Wildman–Crippen LogP) is 5.51. The van der Waals surface area contributed by atoms with Crippen LogP contribution in [-0.4, -0.2) is 96.3 Å². The Labute approximate surface area is 275 Å². The van der Waals surface area contributed by atoms with Crippen LogP contribution in [0.1, 0.15) is 67.2 Å². The van der Waals surface area contributed by atoms with Crippen molar-refractivity contribution in [2.45, 2.75) is 77.7 Å². The van der Waals surface area contributed by atoms with E-state index < -0.39 is 0 Å². The first-order valence-corrected chi connectivity index (χ1v) is 17.7. The lowest BCUT2D eigenvalue weighted by Gasteiger charge is -2.40. The van der Waals surface area contributed by atoms with Crippen LogP contribution < -0.4 is 5.32 Å². The number of para-hydroxylation sites is 1. The van der Waals surface area contributed by atoms with E-state index in [0.717, 1.165) is 67.9 Å². The zero-order valence-corrected chi connectivity index (χ0v) is 28.2. The molecule has 3 saturated heterocycles. The van der Waals surface area contributed by atoms with Crippen molar-refractivity contribution in [2.75, 3.05) is 58.2 Å². The molecule has 0 radical (unpaired) electrons. The molecule has 46 heavy (non-hydrogen) atoms. The molecule has 1 unspecified atom stereocenters. The van der Waals surface area contributed by atoms with Gasteiger partial charge in [0.25, 0.3) is 0 Å². The van der Waals surface area contributed by atoms with Crippen molar-refractivity contribution < 1.29 is 14.4 Å². The average Bonchev–Trinajstić information content (AvgIpc) is 3.24. The molecule has 4 aliphatic rings. The normalized spacial score (nSPS) is 21.5. The third-order valence-electron chi connectivity index (χ3n) is 11.5. The van der Waals surface area contributed by atoms with Gasteiger partial charge in [-0.2, -0.15) is 0 Å². The number of nitrogens with zero attached hydrogens (tertiary/aromatic N) is 4. The molecule has 2 aromatic rings. The molecular formula is C38H53N5O3. The van der Waals surface area contributed by atoms with Gasteiger partial charge in [-0.05, 0) is 126 Å². The van der Waals surface area contributed by atoms with E-state index in [2.05, 4.69) is 60.3 Å². The number of fused-ring (bicyclic) bond motifs is 1. The monoisotopic (exact) mass is 627 g/mol. The molecule has 248 valence electrons. The molecule has 0 saturated carbocycles. The predicted molar refractivity (Wildman–Crippen MR) is 183 cm³/mol. The van der Waals surface area contributed by atoms with Crippen LogP contribution in [0.25, 0.3) is 0 Å². The lowest BCUT2D eigenvalue weighted by atomic mass is 9.78. The van der Waals surface area contributed by atoms with Crippen LogP contribution in [0.15, 0.2) is 42.5 Å². The zero-order chi connectivity index (χ0) is 32.2. The van der Waals surface area contributed by atoms with Crippen LogP contribution in [0.2, 0.25) is 0 Å². The highest BCUT2D eigenvalue weighted by Crippen LogP contribution is 2.33. The number of piperidine rings is 3. The van der Waals surface area contributed by atoms with E-state index in [1.165, 1.54) is 37.1 Å². The molecule has 4 amide bonds. The van der Waals surface area contributed by atoms with Crippen molar-refractivity contribution >= 4 is 23.5 Å². The topological polar surface area (TPSA) is 76.2 Å². The number of carbonyl (C=O) groups is 3. The summed E-state index contributed by atoms with van der Waals surface area (Å²) in [6, 6.07) is 14.5. The molecule has 8 nitrogen and oxygen atoms in total. The van der Waals surface area contributed by atoms with Crippen LogP contribution in [0.5, 0.6) is 0 Å². The Morgan fingerprint density at radius 1 is 0.804 bits per heavy atom. The van der Waals surface area contributed by atoms with E-state index in [1.54, 1.807) is 0 Å². The van der Waals surface area contributed by atoms with Gasteiger partial charge in [0.2, 0.25) is 11.8 Å². The van der Waals surface area contributed by atoms with Gasteiger partial charge in [0.15, 0.2) is 0 Å². The fourth-order valence-electron chi connectivity index (χ4n) is 8.32. The number of carbonyl (C=O) groups excluding carboxylic acids is 3. The molecule has 8 heteroatoms. The van der Waals surface area contributed by atoms with Gasteiger partial charge >= 0.3 is 6.03 Å². The number of aryl methyl sites for hydroxylation is 2. The standard InChI is InChI=1S/C38H53N5O3/c1-27-8-9-29(24-28(27)2)25-33(37(45)42-19-12-31(13-20-42)30-10-17-40(3)18-11-30)26-36(44)41-21-15-34(16-22-41)43-23-14-32-6-4-5-7-35(32)39-38(43)46/h4-9,24,30-31,33-34H,10-23,25-26H2,1-3H3,(H,39,46). The fourth-order valence-corrected chi connectivity index (χ4v) is 8.32. The average molecular weight is 628 g/mol. The van der Waals surface area contributed by atoms with E-state index in [1.807, 2.05) is 28.0 Å². The molecule has 2 aromatic carbocycles. The van der Waals surface area contributed by atoms with Crippen molar-refractivity contribution in [3.63, 3.8) is 0 Å². The minimum absolute atomic E-state index is 0.0478. The zero-order valence-electron chi connectivity index (χ0n) is 28.2. The van der Waals surface area contributed by atoms with Gasteiger partial charge in [-0.15, -0.1) is 0 Å². The van der Waals surface area contributed by atoms with Gasteiger partial charge in [-0.25, -0.2) is 4.79 Å². The summed E-state index contributed by atoms with van der Waals surface area (Å²) in [6.07, 6.45) is 7.87. The first-order valence-electron chi connectivity index (χ1n) is 17.7. The third kappa shape index (κ3) is 7.59. The van der Waals surface area contributed by atoms with Gasteiger partial charge in [-0.1, -0.05) is 36.4 Å². The molecule has 0 spiro atoms. The van der Waals surface area contributed by atoms with Crippen LogP contribution >= 0.6 is 0 Å². The molecule has 0 aliphatic carbocycles. The van der Waals surface area contributed by atoms with Crippen molar-refractivity contribution in [2.24, 2.45) is 17.8 Å². The molecular weight excluding hydrogens is 574 g/mol. The summed E-state index contributed by atoms with van der Waals surface area (Å²) in [5.74, 6) is 1.33. The number of likely N-dealkylation sites (tertiary alicyclic amines) is 3. The van der Waals surface area contributed by atoms with E-state index in [9.17, 15) is 14.4 Å². The Morgan fingerprint density at radius 3 is 2.15 bits per heavy atom. The first-order chi connectivity index (χ1) is 22.2. The minimum atomic E-state index is -0.359. The maximum Gasteiger partial charge on any atom is 0.322 e. The van der Waals surface area contributed by atoms with E-state index in [0.29, 0.717) is 32.0 Å². The number of benzene rings is 2. The quantitative estimate of drug-likeness (QED) is 0.439. The summed E-state index contributed by atoms with van der Waals surface area (Å²) in [7, 11) is 2.21. The number of amides is 4. The Bertz CT molecular complexity index is 1390. The van der Waals surface area contributed by atoms with Crippen LogP contribution in [0.3, 0.4) is 0 Å². The number of hydrogen-bond donors (Lipinski definition) is 1. The maximum atomic E-state index is 14.1. The SMILES string of the molecule is Cc1ccc(CC(CC(=O)N2CCC(N3CCc4ccccc4NC3=O)CC2)C(=O)N2CCC(C3CCN(C)CC3)CC2)cc1C. The third-order valence-corrected chi connectivity index (χ3v) is 11.5. The van der Waals surface area contributed by atoms with E-state index in [-0.39, 0.29) is 36.2 Å². The highest BCUT2D eigenvalue weighted by Gasteiger charge is 2.36. The largest absolute Gasteiger partial charge is 0.343 e. The molecule has 3 fully saturated rings. The summed E-state index contributed by atoms with van der Waals surface area (Å²) in [6.45, 7) is 10.1. The Hall–Kier alpha value is -3.39. The van der Waals surface area contributed by atoms with Gasteiger partial charge < -0.3 is 24.9 Å². The summed E-state index contributed by atoms with van der Waals surface area (Å²) in [5, 5.41) is 3.09. The molecule has 0 bridgehead atoms. The van der Waals surface area contributed by atoms with Crippen molar-refractivity contribution in [3.8, 4) is 0 Å². The van der Waals surface area contributed by atoms with Crippen LogP contribution in [-0.2, 0) is 22.4 Å². The second kappa shape index (κ2) is 14.6. The molecule has 0 aromatic heterocycles. The van der Waals surface area contributed by atoms with Crippen LogP contribution in [0.4, 0.5) is 10.5 Å². The first kappa shape index (κ1) is 32.5. The number of hydrogen-bond acceptors (Lipinski definition) is 4. The summed E-state index contributed by atoms with van der Waals surface area (Å²) < 4.78 is 0. The highest BCUT2D eigenvalue weighted by molar-refractivity contribution is 5.91. The number of rotatable bonds is 7. The number of nitrogens with one attached hydrogen (secondary N) is 1. The molecule has 1 atom stereocenters. The lowest BCUT2D eigenvalue weighted by molar-refractivity contribution is -0.143. The molecule has 1 N–H and O–H groups in total. The van der Waals surface area contributed by atoms with Crippen molar-refractivity contribution in [1.82, 2.24) is 19.6 Å². The smallest absolute Gasteiger partial charge is 0.322 e. The maximum absolute atomic E-state index is 14.1. The second-order valence-corrected chi connectivity index (χ2v) is 14.5. The summed E-state index contributed by atoms with van der Waals surface area (Å²) in [5.41, 5.74) is 5.65. The molecule has 4 heterocycles. The second-order valence-electron chi connectivity index (χ2n) is 14.5. The molecule has 6 rings (SSSR count). The van der Waals surface area contributed by atoms with Gasteiger partial charge in [0, 0.05) is 50.9 Å². The van der Waals surface area contributed by atoms with Gasteiger partial charge in [0.1, 0.15) is 0 Å². The summed E-state index contributed by atoms with van der Waals surface area (Å²) in [4.78, 5) is 49.4. The Morgan fingerprint density at radius 2 is 1.46 bits per heavy atom. The fraction of sp³-hybridized carbons (Fsp3) is 0.605. The van der Waals surface area contributed by atoms with E-state index >= 15 is 0 Å². The summed E-state index contributed by atoms with van der Waals surface area (Å²) >= 11 is 0. The number of urea groups is 1. The Balaban J connectivity index is 1.07. The lowest BCUT2D eigenvalue weighted by Crippen LogP contribution is -2.50. The minimum Gasteiger partial charge on any atom is -0.343 e. The van der Waals surface area contributed by atoms with E-state index in [4.69, 9.17) is 0 Å². The van der Waals surface area contributed by atoms with Crippen LogP contribution in [0, 0.1) is 31.6 Å². The van der Waals surface area contributed by atoms with Crippen molar-refractivity contribution in [3.05, 3.63) is 64.7 Å². The van der Waals surface area contributed by atoms with Gasteiger partial charge in [-0.3, -0.25) is 9.59 Å².